The molecule has 3 rings (SSSR count). The lowest BCUT2D eigenvalue weighted by Gasteiger charge is -2.11. The SMILES string of the molecule is O=C(NCc1ccccc1)c1cc(NCC2CCCO2)ncn1. The summed E-state index contributed by atoms with van der Waals surface area (Å²) in [6.07, 6.45) is 3.78. The van der Waals surface area contributed by atoms with Gasteiger partial charge in [0, 0.05) is 25.8 Å². The van der Waals surface area contributed by atoms with E-state index in [9.17, 15) is 4.79 Å². The van der Waals surface area contributed by atoms with Gasteiger partial charge < -0.3 is 15.4 Å². The van der Waals surface area contributed by atoms with E-state index in [4.69, 9.17) is 4.74 Å². The van der Waals surface area contributed by atoms with Gasteiger partial charge in [0.25, 0.3) is 5.91 Å². The molecule has 0 aliphatic carbocycles. The minimum absolute atomic E-state index is 0.212. The number of nitrogens with one attached hydrogen (secondary N) is 2. The van der Waals surface area contributed by atoms with E-state index in [2.05, 4.69) is 20.6 Å². The Morgan fingerprint density at radius 2 is 2.13 bits per heavy atom. The third-order valence-electron chi connectivity index (χ3n) is 3.73. The first-order chi connectivity index (χ1) is 11.3. The van der Waals surface area contributed by atoms with E-state index in [0.29, 0.717) is 24.6 Å². The first kappa shape index (κ1) is 15.4. The summed E-state index contributed by atoms with van der Waals surface area (Å²) >= 11 is 0. The van der Waals surface area contributed by atoms with E-state index < -0.39 is 0 Å². The van der Waals surface area contributed by atoms with Crippen LogP contribution in [0, 0.1) is 0 Å². The Morgan fingerprint density at radius 1 is 1.26 bits per heavy atom. The Hall–Kier alpha value is -2.47. The van der Waals surface area contributed by atoms with Gasteiger partial charge in [0.2, 0.25) is 0 Å². The van der Waals surface area contributed by atoms with Crippen LogP contribution in [-0.2, 0) is 11.3 Å². The first-order valence-electron chi connectivity index (χ1n) is 7.81. The Bertz CT molecular complexity index is 642. The number of carbonyl (C=O) groups excluding carboxylic acids is 1. The van der Waals surface area contributed by atoms with Gasteiger partial charge in [-0.05, 0) is 18.4 Å². The maximum atomic E-state index is 12.2. The summed E-state index contributed by atoms with van der Waals surface area (Å²) in [5.74, 6) is 0.428. The van der Waals surface area contributed by atoms with E-state index in [1.54, 1.807) is 6.07 Å². The van der Waals surface area contributed by atoms with E-state index in [1.165, 1.54) is 6.33 Å². The molecule has 2 heterocycles. The van der Waals surface area contributed by atoms with Crippen molar-refractivity contribution < 1.29 is 9.53 Å². The van der Waals surface area contributed by atoms with Gasteiger partial charge in [0.15, 0.2) is 0 Å². The van der Waals surface area contributed by atoms with Crippen molar-refractivity contribution in [2.24, 2.45) is 0 Å². The molecule has 1 aromatic heterocycles. The van der Waals surface area contributed by atoms with Crippen molar-refractivity contribution in [3.8, 4) is 0 Å². The molecule has 1 unspecified atom stereocenters. The number of nitrogens with zero attached hydrogens (tertiary/aromatic N) is 2. The highest BCUT2D eigenvalue weighted by molar-refractivity contribution is 5.92. The van der Waals surface area contributed by atoms with E-state index in [1.807, 2.05) is 30.3 Å². The molecule has 1 aliphatic rings. The second-order valence-electron chi connectivity index (χ2n) is 5.47. The number of anilines is 1. The molecule has 0 spiro atoms. The fraction of sp³-hybridized carbons (Fsp3) is 0.353. The van der Waals surface area contributed by atoms with Crippen LogP contribution in [-0.4, -0.2) is 35.1 Å². The summed E-state index contributed by atoms with van der Waals surface area (Å²) in [5, 5.41) is 6.06. The zero-order valence-electron chi connectivity index (χ0n) is 12.9. The molecule has 0 saturated carbocycles. The third-order valence-corrected chi connectivity index (χ3v) is 3.73. The van der Waals surface area contributed by atoms with Crippen molar-refractivity contribution >= 4 is 11.7 Å². The minimum atomic E-state index is -0.212. The highest BCUT2D eigenvalue weighted by Crippen LogP contribution is 2.13. The molecule has 1 fully saturated rings. The Morgan fingerprint density at radius 3 is 2.91 bits per heavy atom. The number of hydrogen-bond donors (Lipinski definition) is 2. The molecule has 0 radical (unpaired) electrons. The molecule has 2 aromatic rings. The number of carbonyl (C=O) groups is 1. The summed E-state index contributed by atoms with van der Waals surface area (Å²) in [5.41, 5.74) is 1.40. The van der Waals surface area contributed by atoms with Gasteiger partial charge >= 0.3 is 0 Å². The Kier molecular flexibility index (Phi) is 5.16. The highest BCUT2D eigenvalue weighted by Gasteiger charge is 2.15. The topological polar surface area (TPSA) is 76.1 Å². The van der Waals surface area contributed by atoms with Crippen LogP contribution in [0.3, 0.4) is 0 Å². The average Bonchev–Trinajstić information content (AvgIpc) is 3.12. The van der Waals surface area contributed by atoms with Gasteiger partial charge in [-0.1, -0.05) is 30.3 Å². The Labute approximate surface area is 135 Å². The lowest BCUT2D eigenvalue weighted by molar-refractivity contribution is 0.0946. The average molecular weight is 312 g/mol. The van der Waals surface area contributed by atoms with Gasteiger partial charge in [-0.2, -0.15) is 0 Å². The van der Waals surface area contributed by atoms with Crippen molar-refractivity contribution in [1.82, 2.24) is 15.3 Å². The predicted octanol–water partition coefficient (Wildman–Crippen LogP) is 2.00. The van der Waals surface area contributed by atoms with Crippen LogP contribution >= 0.6 is 0 Å². The molecular weight excluding hydrogens is 292 g/mol. The second kappa shape index (κ2) is 7.69. The molecule has 1 saturated heterocycles. The van der Waals surface area contributed by atoms with Crippen LogP contribution in [0.4, 0.5) is 5.82 Å². The van der Waals surface area contributed by atoms with Crippen molar-refractivity contribution in [3.63, 3.8) is 0 Å². The van der Waals surface area contributed by atoms with Crippen LogP contribution in [0.25, 0.3) is 0 Å². The van der Waals surface area contributed by atoms with Gasteiger partial charge in [-0.15, -0.1) is 0 Å². The fourth-order valence-corrected chi connectivity index (χ4v) is 2.47. The molecule has 6 nitrogen and oxygen atoms in total. The zero-order chi connectivity index (χ0) is 15.9. The quantitative estimate of drug-likeness (QED) is 0.853. The molecule has 23 heavy (non-hydrogen) atoms. The van der Waals surface area contributed by atoms with Crippen LogP contribution in [0.5, 0.6) is 0 Å². The van der Waals surface area contributed by atoms with Crippen molar-refractivity contribution in [2.75, 3.05) is 18.5 Å². The van der Waals surface area contributed by atoms with Crippen molar-refractivity contribution in [1.29, 1.82) is 0 Å². The van der Waals surface area contributed by atoms with Crippen LogP contribution in [0.2, 0.25) is 0 Å². The fourth-order valence-electron chi connectivity index (χ4n) is 2.47. The number of aromatic nitrogens is 2. The molecular formula is C17H20N4O2. The number of amides is 1. The molecule has 1 atom stereocenters. The zero-order valence-corrected chi connectivity index (χ0v) is 12.9. The van der Waals surface area contributed by atoms with Gasteiger partial charge in [-0.3, -0.25) is 4.79 Å². The third kappa shape index (κ3) is 4.50. The lowest BCUT2D eigenvalue weighted by Crippen LogP contribution is -2.24. The maximum absolute atomic E-state index is 12.2. The molecule has 120 valence electrons. The summed E-state index contributed by atoms with van der Waals surface area (Å²) in [6, 6.07) is 11.4. The normalized spacial score (nSPS) is 17.0. The standard InChI is InChI=1S/C17H20N4O2/c22-17(19-10-13-5-2-1-3-6-13)15-9-16(21-12-20-15)18-11-14-7-4-8-23-14/h1-3,5-6,9,12,14H,4,7-8,10-11H2,(H,19,22)(H,18,20,21). The maximum Gasteiger partial charge on any atom is 0.270 e. The summed E-state index contributed by atoms with van der Waals surface area (Å²) in [4.78, 5) is 20.4. The van der Waals surface area contributed by atoms with Crippen LogP contribution < -0.4 is 10.6 Å². The highest BCUT2D eigenvalue weighted by atomic mass is 16.5. The summed E-state index contributed by atoms with van der Waals surface area (Å²) < 4.78 is 5.55. The minimum Gasteiger partial charge on any atom is -0.376 e. The lowest BCUT2D eigenvalue weighted by atomic mass is 10.2. The van der Waals surface area contributed by atoms with E-state index in [0.717, 1.165) is 25.0 Å². The van der Waals surface area contributed by atoms with Crippen LogP contribution in [0.1, 0.15) is 28.9 Å². The van der Waals surface area contributed by atoms with E-state index >= 15 is 0 Å². The number of ether oxygens (including phenoxy) is 1. The Balaban J connectivity index is 1.54. The second-order valence-corrected chi connectivity index (χ2v) is 5.47. The number of benzene rings is 1. The van der Waals surface area contributed by atoms with Crippen molar-refractivity contribution in [2.45, 2.75) is 25.5 Å². The number of hydrogen-bond acceptors (Lipinski definition) is 5. The van der Waals surface area contributed by atoms with Gasteiger partial charge in [-0.25, -0.2) is 9.97 Å². The predicted molar refractivity (Wildman–Crippen MR) is 87.1 cm³/mol. The molecule has 6 heteroatoms. The van der Waals surface area contributed by atoms with E-state index in [-0.39, 0.29) is 12.0 Å². The molecule has 1 aliphatic heterocycles. The molecule has 2 N–H and O–H groups in total. The van der Waals surface area contributed by atoms with Crippen molar-refractivity contribution in [3.05, 3.63) is 54.0 Å². The monoisotopic (exact) mass is 312 g/mol. The molecule has 1 aromatic carbocycles. The van der Waals surface area contributed by atoms with Gasteiger partial charge in [0.05, 0.1) is 6.10 Å². The smallest absolute Gasteiger partial charge is 0.270 e. The molecule has 0 bridgehead atoms. The molecule has 1 amide bonds. The first-order valence-corrected chi connectivity index (χ1v) is 7.81. The number of rotatable bonds is 6. The van der Waals surface area contributed by atoms with Crippen LogP contribution in [0.15, 0.2) is 42.7 Å². The largest absolute Gasteiger partial charge is 0.376 e. The van der Waals surface area contributed by atoms with Gasteiger partial charge in [0.1, 0.15) is 17.8 Å². The summed E-state index contributed by atoms with van der Waals surface area (Å²) in [6.45, 7) is 1.99. The summed E-state index contributed by atoms with van der Waals surface area (Å²) in [7, 11) is 0.